The molecule has 0 spiro atoms. The van der Waals surface area contributed by atoms with Gasteiger partial charge in [-0.25, -0.2) is 0 Å². The molecule has 4 nitrogen and oxygen atoms in total. The maximum absolute atomic E-state index is 12.4. The number of nitrogens with one attached hydrogen (secondary N) is 1. The number of hydrogen-bond acceptors (Lipinski definition) is 2. The second-order valence-electron chi connectivity index (χ2n) is 5.63. The maximum atomic E-state index is 12.4. The van der Waals surface area contributed by atoms with Gasteiger partial charge in [-0.15, -0.1) is 6.42 Å². The first-order valence-corrected chi connectivity index (χ1v) is 7.64. The molecule has 1 aliphatic rings. The molecule has 1 aromatic heterocycles. The minimum atomic E-state index is -0.434. The van der Waals surface area contributed by atoms with Crippen molar-refractivity contribution in [2.45, 2.75) is 0 Å². The van der Waals surface area contributed by atoms with Crippen LogP contribution in [-0.2, 0) is 7.05 Å². The summed E-state index contributed by atoms with van der Waals surface area (Å²) in [7, 11) is 1.85. The van der Waals surface area contributed by atoms with E-state index in [4.69, 9.17) is 18.0 Å². The van der Waals surface area contributed by atoms with Crippen LogP contribution in [0.3, 0.4) is 0 Å². The summed E-state index contributed by atoms with van der Waals surface area (Å²) in [6.45, 7) is 0. The van der Waals surface area contributed by atoms with Crippen LogP contribution in [0.1, 0.15) is 27.7 Å². The second kappa shape index (κ2) is 4.98. The van der Waals surface area contributed by atoms with Crippen molar-refractivity contribution in [2.75, 3.05) is 0 Å². The quantitative estimate of drug-likeness (QED) is 0.545. The topological polar surface area (TPSA) is 51.1 Å². The standard InChI is InChI=1S/C19H11ClN2O2.H2/c1-3-10-9-22(2)14-8-12(11-6-4-5-7-13(11)20)16-17(15(10)14)19(24)21-18(16)23;/h1,4-9H,2H3,(H,21,23,24);1H. The Labute approximate surface area is 144 Å². The lowest BCUT2D eigenvalue weighted by molar-refractivity contribution is 0.0880. The molecule has 0 radical (unpaired) electrons. The molecule has 2 amide bonds. The van der Waals surface area contributed by atoms with Crippen LogP contribution in [0.25, 0.3) is 22.0 Å². The zero-order valence-electron chi connectivity index (χ0n) is 12.7. The Morgan fingerprint density at radius 2 is 1.88 bits per heavy atom. The van der Waals surface area contributed by atoms with Crippen LogP contribution in [0.15, 0.2) is 36.5 Å². The molecule has 1 N–H and O–H groups in total. The summed E-state index contributed by atoms with van der Waals surface area (Å²) in [5.41, 5.74) is 3.33. The van der Waals surface area contributed by atoms with E-state index in [1.54, 1.807) is 12.3 Å². The van der Waals surface area contributed by atoms with Crippen molar-refractivity contribution in [2.24, 2.45) is 7.05 Å². The van der Waals surface area contributed by atoms with E-state index in [1.807, 2.05) is 35.9 Å². The summed E-state index contributed by atoms with van der Waals surface area (Å²) in [5, 5.41) is 3.50. The Bertz CT molecular complexity index is 1110. The molecule has 0 saturated carbocycles. The predicted molar refractivity (Wildman–Crippen MR) is 95.2 cm³/mol. The average Bonchev–Trinajstić information content (AvgIpc) is 3.04. The number of carbonyl (C=O) groups excluding carboxylic acids is 2. The molecule has 1 aliphatic heterocycles. The zero-order chi connectivity index (χ0) is 17.0. The Hall–Kier alpha value is -3.03. The van der Waals surface area contributed by atoms with E-state index < -0.39 is 11.8 Å². The molecule has 2 aromatic carbocycles. The third-order valence-corrected chi connectivity index (χ3v) is 4.61. The number of rotatable bonds is 1. The Balaban J connectivity index is 0.00000182. The number of aryl methyl sites for hydroxylation is 1. The molecule has 24 heavy (non-hydrogen) atoms. The lowest BCUT2D eigenvalue weighted by Crippen LogP contribution is -2.20. The highest BCUT2D eigenvalue weighted by Gasteiger charge is 2.34. The highest BCUT2D eigenvalue weighted by molar-refractivity contribution is 6.35. The first-order valence-electron chi connectivity index (χ1n) is 7.26. The minimum Gasteiger partial charge on any atom is -0.349 e. The van der Waals surface area contributed by atoms with Crippen molar-refractivity contribution in [1.82, 2.24) is 9.88 Å². The monoisotopic (exact) mass is 336 g/mol. The SMILES string of the molecule is C#Cc1cn(C)c2cc(-c3ccccc3Cl)c3c(c12)C(=O)NC3=O.[HH]. The van der Waals surface area contributed by atoms with E-state index in [9.17, 15) is 9.59 Å². The number of amides is 2. The average molecular weight is 337 g/mol. The Morgan fingerprint density at radius 3 is 2.58 bits per heavy atom. The van der Waals surface area contributed by atoms with Gasteiger partial charge in [0.25, 0.3) is 11.8 Å². The van der Waals surface area contributed by atoms with Crippen LogP contribution in [0.2, 0.25) is 5.02 Å². The highest BCUT2D eigenvalue weighted by Crippen LogP contribution is 2.39. The highest BCUT2D eigenvalue weighted by atomic mass is 35.5. The number of benzene rings is 2. The van der Waals surface area contributed by atoms with E-state index in [2.05, 4.69) is 11.2 Å². The van der Waals surface area contributed by atoms with Crippen molar-refractivity contribution in [3.8, 4) is 23.5 Å². The number of hydrogen-bond donors (Lipinski definition) is 1. The molecule has 5 heteroatoms. The molecule has 0 atom stereocenters. The maximum Gasteiger partial charge on any atom is 0.259 e. The van der Waals surface area contributed by atoms with Crippen LogP contribution in [0, 0.1) is 12.3 Å². The fourth-order valence-corrected chi connectivity index (χ4v) is 3.48. The lowest BCUT2D eigenvalue weighted by atomic mass is 9.92. The van der Waals surface area contributed by atoms with Crippen molar-refractivity contribution in [3.63, 3.8) is 0 Å². The fourth-order valence-electron chi connectivity index (χ4n) is 3.24. The van der Waals surface area contributed by atoms with Crippen molar-refractivity contribution < 1.29 is 11.0 Å². The lowest BCUT2D eigenvalue weighted by Gasteiger charge is -2.10. The normalized spacial score (nSPS) is 13.0. The molecule has 3 aromatic rings. The third-order valence-electron chi connectivity index (χ3n) is 4.28. The van der Waals surface area contributed by atoms with Gasteiger partial charge < -0.3 is 4.57 Å². The summed E-state index contributed by atoms with van der Waals surface area (Å²) >= 11 is 6.31. The predicted octanol–water partition coefficient (Wildman–Crippen LogP) is 3.61. The van der Waals surface area contributed by atoms with Crippen LogP contribution >= 0.6 is 11.6 Å². The van der Waals surface area contributed by atoms with Gasteiger partial charge in [0.05, 0.1) is 22.2 Å². The first kappa shape index (κ1) is 14.6. The Morgan fingerprint density at radius 1 is 1.17 bits per heavy atom. The molecule has 0 aliphatic carbocycles. The zero-order valence-corrected chi connectivity index (χ0v) is 13.4. The molecule has 4 rings (SSSR count). The minimum absolute atomic E-state index is 0. The number of terminal acetylenes is 1. The summed E-state index contributed by atoms with van der Waals surface area (Å²) in [4.78, 5) is 24.8. The van der Waals surface area contributed by atoms with Gasteiger partial charge >= 0.3 is 0 Å². The van der Waals surface area contributed by atoms with Crippen molar-refractivity contribution in [3.05, 3.63) is 58.2 Å². The van der Waals surface area contributed by atoms with Crippen molar-refractivity contribution in [1.29, 1.82) is 0 Å². The molecular weight excluding hydrogens is 324 g/mol. The van der Waals surface area contributed by atoms with Crippen LogP contribution in [-0.4, -0.2) is 16.4 Å². The van der Waals surface area contributed by atoms with E-state index in [1.165, 1.54) is 0 Å². The van der Waals surface area contributed by atoms with Gasteiger partial charge in [0.15, 0.2) is 0 Å². The molecule has 0 unspecified atom stereocenters. The van der Waals surface area contributed by atoms with Gasteiger partial charge in [0.2, 0.25) is 0 Å². The summed E-state index contributed by atoms with van der Waals surface area (Å²) in [6.07, 6.45) is 7.35. The number of carbonyl (C=O) groups is 2. The third kappa shape index (κ3) is 1.82. The summed E-state index contributed by atoms with van der Waals surface area (Å²) < 4.78 is 1.85. The number of nitrogens with zero attached hydrogens (tertiary/aromatic N) is 1. The van der Waals surface area contributed by atoms with Gasteiger partial charge in [-0.2, -0.15) is 0 Å². The first-order chi connectivity index (χ1) is 11.5. The van der Waals surface area contributed by atoms with Gasteiger partial charge in [0.1, 0.15) is 0 Å². The number of imide groups is 1. The van der Waals surface area contributed by atoms with Gasteiger partial charge in [-0.05, 0) is 17.7 Å². The van der Waals surface area contributed by atoms with E-state index in [-0.39, 0.29) is 1.43 Å². The second-order valence-corrected chi connectivity index (χ2v) is 6.04. The molecule has 0 fully saturated rings. The Kier molecular flexibility index (Phi) is 3.02. The van der Waals surface area contributed by atoms with Gasteiger partial charge in [-0.3, -0.25) is 14.9 Å². The van der Waals surface area contributed by atoms with Crippen LogP contribution in [0.5, 0.6) is 0 Å². The summed E-state index contributed by atoms with van der Waals surface area (Å²) in [6, 6.07) is 9.08. The number of aromatic nitrogens is 1. The largest absolute Gasteiger partial charge is 0.349 e. The molecule has 0 saturated heterocycles. The molecular formula is C19H13ClN2O2. The van der Waals surface area contributed by atoms with Crippen molar-refractivity contribution >= 4 is 34.3 Å². The van der Waals surface area contributed by atoms with Crippen LogP contribution in [0.4, 0.5) is 0 Å². The van der Waals surface area contributed by atoms with Gasteiger partial charge in [0, 0.05) is 30.6 Å². The molecule has 0 bridgehead atoms. The van der Waals surface area contributed by atoms with E-state index in [0.717, 1.165) is 5.52 Å². The van der Waals surface area contributed by atoms with Crippen LogP contribution < -0.4 is 5.32 Å². The summed E-state index contributed by atoms with van der Waals surface area (Å²) in [5.74, 6) is 1.72. The fraction of sp³-hybridized carbons (Fsp3) is 0.0526. The van der Waals surface area contributed by atoms with Gasteiger partial charge in [-0.1, -0.05) is 35.7 Å². The molecule has 2 heterocycles. The van der Waals surface area contributed by atoms with E-state index in [0.29, 0.717) is 38.2 Å². The smallest absolute Gasteiger partial charge is 0.259 e. The number of halogens is 1. The van der Waals surface area contributed by atoms with E-state index >= 15 is 0 Å². The number of fused-ring (bicyclic) bond motifs is 3. The molecule has 118 valence electrons.